The van der Waals surface area contributed by atoms with Gasteiger partial charge in [-0.1, -0.05) is 0 Å². The predicted octanol–water partition coefficient (Wildman–Crippen LogP) is 4.37. The molecule has 4 N–H and O–H groups in total. The smallest absolute Gasteiger partial charge is 0.434 e. The molecule has 3 aromatic heterocycles. The molecule has 0 radical (unpaired) electrons. The number of hydrogen-bond donors (Lipinski definition) is 3. The maximum absolute atomic E-state index is 13.4. The van der Waals surface area contributed by atoms with Gasteiger partial charge in [0.05, 0.1) is 13.2 Å². The lowest BCUT2D eigenvalue weighted by Crippen LogP contribution is -2.28. The van der Waals surface area contributed by atoms with Crippen LogP contribution in [0.3, 0.4) is 0 Å². The highest BCUT2D eigenvalue weighted by atomic mass is 32.1. The first kappa shape index (κ1) is 28.4. The number of nitrogens with one attached hydrogen (secondary N) is 2. The maximum Gasteiger partial charge on any atom is 0.434 e. The van der Waals surface area contributed by atoms with Crippen LogP contribution in [0.5, 0.6) is 5.88 Å². The summed E-state index contributed by atoms with van der Waals surface area (Å²) in [5.74, 6) is 0.121. The summed E-state index contributed by atoms with van der Waals surface area (Å²) in [5.41, 5.74) is 5.60. The molecule has 1 aliphatic heterocycles. The molecule has 0 aromatic carbocycles. The van der Waals surface area contributed by atoms with E-state index in [1.165, 1.54) is 24.5 Å². The zero-order chi connectivity index (χ0) is 28.0. The molecule has 0 atom stereocenters. The largest absolute Gasteiger partial charge is 0.477 e. The van der Waals surface area contributed by atoms with E-state index in [1.807, 2.05) is 0 Å². The molecule has 4 rings (SSSR count). The van der Waals surface area contributed by atoms with Gasteiger partial charge in [0.25, 0.3) is 0 Å². The Kier molecular flexibility index (Phi) is 9.09. The van der Waals surface area contributed by atoms with Crippen LogP contribution in [-0.4, -0.2) is 59.7 Å². The molecule has 0 spiro atoms. The van der Waals surface area contributed by atoms with E-state index in [-0.39, 0.29) is 46.1 Å². The number of carbonyl (C=O) groups is 2. The van der Waals surface area contributed by atoms with Crippen molar-refractivity contribution in [3.8, 4) is 27.6 Å². The lowest BCUT2D eigenvalue weighted by Gasteiger charge is -2.22. The quantitative estimate of drug-likeness (QED) is 0.325. The Hall–Kier alpha value is -3.62. The van der Waals surface area contributed by atoms with Gasteiger partial charge in [-0.05, 0) is 37.8 Å². The van der Waals surface area contributed by atoms with Gasteiger partial charge in [-0.2, -0.15) is 13.2 Å². The van der Waals surface area contributed by atoms with Gasteiger partial charge < -0.3 is 20.5 Å². The Balaban J connectivity index is 1.81. The van der Waals surface area contributed by atoms with E-state index < -0.39 is 17.9 Å². The highest BCUT2D eigenvalue weighted by molar-refractivity contribution is 7.13. The Morgan fingerprint density at radius 3 is 2.59 bits per heavy atom. The number of rotatable bonds is 9. The first-order chi connectivity index (χ1) is 18.7. The number of halogens is 3. The zero-order valence-corrected chi connectivity index (χ0v) is 21.8. The maximum atomic E-state index is 13.4. The molecule has 0 bridgehead atoms. The monoisotopic (exact) mass is 564 g/mol. The Morgan fingerprint density at radius 1 is 1.15 bits per heavy atom. The standard InChI is InChI=1S/C25H27F3N6O4S/c1-2-30-24(36)34-21-8-17(23-33-20(13-39-23)25(26,27)28)18(11-31-21)16-7-15(19(35)9-29)10-32-22(16)38-12-14-3-5-37-6-4-14/h7-8,10-11,13-14H,2-6,9,12,29H2,1H3,(H2,30,31,34,36). The second kappa shape index (κ2) is 12.5. The molecule has 10 nitrogen and oxygen atoms in total. The summed E-state index contributed by atoms with van der Waals surface area (Å²) < 4.78 is 51.6. The van der Waals surface area contributed by atoms with Crippen molar-refractivity contribution < 1.29 is 32.2 Å². The fourth-order valence-electron chi connectivity index (χ4n) is 3.90. The summed E-state index contributed by atoms with van der Waals surface area (Å²) in [4.78, 5) is 36.9. The average Bonchev–Trinajstić information content (AvgIpc) is 3.43. The van der Waals surface area contributed by atoms with E-state index in [0.29, 0.717) is 37.5 Å². The number of anilines is 1. The summed E-state index contributed by atoms with van der Waals surface area (Å²) in [7, 11) is 0. The minimum atomic E-state index is -4.64. The van der Waals surface area contributed by atoms with Gasteiger partial charge in [-0.15, -0.1) is 11.3 Å². The van der Waals surface area contributed by atoms with E-state index in [2.05, 4.69) is 25.6 Å². The van der Waals surface area contributed by atoms with Crippen molar-refractivity contribution in [2.24, 2.45) is 11.7 Å². The third-order valence-electron chi connectivity index (χ3n) is 5.95. The van der Waals surface area contributed by atoms with Gasteiger partial charge in [0, 0.05) is 59.8 Å². The molecule has 208 valence electrons. The first-order valence-electron chi connectivity index (χ1n) is 12.2. The fourth-order valence-corrected chi connectivity index (χ4v) is 4.76. The molecule has 4 heterocycles. The van der Waals surface area contributed by atoms with Crippen molar-refractivity contribution in [1.82, 2.24) is 20.3 Å². The molecular formula is C25H27F3N6O4S. The average molecular weight is 565 g/mol. The number of amides is 2. The van der Waals surface area contributed by atoms with Gasteiger partial charge in [-0.3, -0.25) is 10.1 Å². The Bertz CT molecular complexity index is 1330. The summed E-state index contributed by atoms with van der Waals surface area (Å²) >= 11 is 0.784. The number of aromatic nitrogens is 3. The molecule has 1 fully saturated rings. The number of nitrogens with two attached hydrogens (primary N) is 1. The number of nitrogens with zero attached hydrogens (tertiary/aromatic N) is 3. The van der Waals surface area contributed by atoms with E-state index in [0.717, 1.165) is 29.6 Å². The van der Waals surface area contributed by atoms with E-state index in [1.54, 1.807) is 6.92 Å². The number of ether oxygens (including phenoxy) is 2. The number of urea groups is 1. The minimum absolute atomic E-state index is 0.0320. The molecule has 3 aromatic rings. The second-order valence-corrected chi connectivity index (χ2v) is 9.56. The van der Waals surface area contributed by atoms with E-state index >= 15 is 0 Å². The van der Waals surface area contributed by atoms with Crippen molar-refractivity contribution in [3.05, 3.63) is 41.2 Å². The van der Waals surface area contributed by atoms with Crippen LogP contribution in [0.4, 0.5) is 23.8 Å². The number of ketones is 1. The number of Topliss-reactive ketones (excluding diaryl/α,β-unsaturated/α-hetero) is 1. The minimum Gasteiger partial charge on any atom is -0.477 e. The van der Waals surface area contributed by atoms with Crippen LogP contribution in [0.1, 0.15) is 35.8 Å². The summed E-state index contributed by atoms with van der Waals surface area (Å²) in [6.07, 6.45) is -0.296. The van der Waals surface area contributed by atoms with E-state index in [9.17, 15) is 22.8 Å². The molecular weight excluding hydrogens is 537 g/mol. The molecule has 39 heavy (non-hydrogen) atoms. The molecule has 14 heteroatoms. The fraction of sp³-hybridized carbons (Fsp3) is 0.400. The van der Waals surface area contributed by atoms with Crippen LogP contribution in [0.2, 0.25) is 0 Å². The van der Waals surface area contributed by atoms with Crippen molar-refractivity contribution >= 4 is 29.0 Å². The third kappa shape index (κ3) is 7.07. The van der Waals surface area contributed by atoms with Crippen molar-refractivity contribution in [3.63, 3.8) is 0 Å². The molecule has 0 unspecified atom stereocenters. The van der Waals surface area contributed by atoms with Gasteiger partial charge in [-0.25, -0.2) is 19.7 Å². The van der Waals surface area contributed by atoms with Gasteiger partial charge >= 0.3 is 12.2 Å². The summed E-state index contributed by atoms with van der Waals surface area (Å²) in [5, 5.41) is 6.06. The highest BCUT2D eigenvalue weighted by Crippen LogP contribution is 2.41. The zero-order valence-electron chi connectivity index (χ0n) is 21.0. The number of alkyl halides is 3. The Labute approximate surface area is 226 Å². The summed E-state index contributed by atoms with van der Waals surface area (Å²) in [6, 6.07) is 2.41. The van der Waals surface area contributed by atoms with Crippen molar-refractivity contribution in [2.45, 2.75) is 25.9 Å². The van der Waals surface area contributed by atoms with Crippen LogP contribution < -0.4 is 21.1 Å². The van der Waals surface area contributed by atoms with Crippen molar-refractivity contribution in [1.29, 1.82) is 0 Å². The number of hydrogen-bond acceptors (Lipinski definition) is 9. The first-order valence-corrected chi connectivity index (χ1v) is 13.1. The van der Waals surface area contributed by atoms with Crippen LogP contribution in [0.15, 0.2) is 29.9 Å². The Morgan fingerprint density at radius 2 is 1.92 bits per heavy atom. The molecule has 2 amide bonds. The highest BCUT2D eigenvalue weighted by Gasteiger charge is 2.34. The molecule has 1 aliphatic rings. The van der Waals surface area contributed by atoms with Crippen LogP contribution >= 0.6 is 11.3 Å². The van der Waals surface area contributed by atoms with Crippen LogP contribution in [-0.2, 0) is 10.9 Å². The van der Waals surface area contributed by atoms with Crippen molar-refractivity contribution in [2.75, 3.05) is 38.2 Å². The SMILES string of the molecule is CCNC(=O)Nc1cc(-c2nc(C(F)(F)F)cs2)c(-c2cc(C(=O)CN)cnc2OCC2CCOCC2)cn1. The normalized spacial score (nSPS) is 14.2. The lowest BCUT2D eigenvalue weighted by molar-refractivity contribution is -0.140. The third-order valence-corrected chi connectivity index (χ3v) is 6.83. The van der Waals surface area contributed by atoms with Gasteiger partial charge in [0.2, 0.25) is 5.88 Å². The molecule has 1 saturated heterocycles. The van der Waals surface area contributed by atoms with Gasteiger partial charge in [0.1, 0.15) is 10.8 Å². The van der Waals surface area contributed by atoms with Crippen LogP contribution in [0.25, 0.3) is 21.7 Å². The van der Waals surface area contributed by atoms with Crippen LogP contribution in [0, 0.1) is 5.92 Å². The van der Waals surface area contributed by atoms with E-state index in [4.69, 9.17) is 15.2 Å². The number of pyridine rings is 2. The summed E-state index contributed by atoms with van der Waals surface area (Å²) in [6.45, 7) is 3.42. The second-order valence-electron chi connectivity index (χ2n) is 8.71. The molecule has 0 aliphatic carbocycles. The topological polar surface area (TPSA) is 141 Å². The lowest BCUT2D eigenvalue weighted by atomic mass is 10.00. The number of thiazole rings is 1. The molecule has 0 saturated carbocycles. The number of carbonyl (C=O) groups excluding carboxylic acids is 2. The van der Waals surface area contributed by atoms with Gasteiger partial charge in [0.15, 0.2) is 11.5 Å². The predicted molar refractivity (Wildman–Crippen MR) is 139 cm³/mol.